The van der Waals surface area contributed by atoms with Gasteiger partial charge in [-0.05, 0) is 51.4 Å². The van der Waals surface area contributed by atoms with E-state index in [9.17, 15) is 4.79 Å². The van der Waals surface area contributed by atoms with Crippen molar-refractivity contribution in [3.05, 3.63) is 23.8 Å². The maximum absolute atomic E-state index is 10.7. The monoisotopic (exact) mass is 293 g/mol. The van der Waals surface area contributed by atoms with Crippen LogP contribution in [0.2, 0.25) is 0 Å². The molecule has 1 aromatic carbocycles. The average molecular weight is 293 g/mol. The molecule has 5 nitrogen and oxygen atoms in total. The van der Waals surface area contributed by atoms with Crippen LogP contribution in [0.25, 0.3) is 0 Å². The second-order valence-corrected chi connectivity index (χ2v) is 5.62. The van der Waals surface area contributed by atoms with E-state index < -0.39 is 5.97 Å². The number of nitrogens with zero attached hydrogens (tertiary/aromatic N) is 1. The molecule has 116 valence electrons. The molecule has 2 rings (SSSR count). The first-order valence-electron chi connectivity index (χ1n) is 7.36. The number of rotatable bonds is 7. The lowest BCUT2D eigenvalue weighted by molar-refractivity contribution is -0.137. The Balaban J connectivity index is 2.06. The van der Waals surface area contributed by atoms with Crippen LogP contribution >= 0.6 is 0 Å². The topological polar surface area (TPSA) is 59.0 Å². The highest BCUT2D eigenvalue weighted by molar-refractivity contribution is 5.66. The van der Waals surface area contributed by atoms with Crippen LogP contribution in [0.3, 0.4) is 0 Å². The fourth-order valence-electron chi connectivity index (χ4n) is 2.68. The van der Waals surface area contributed by atoms with Gasteiger partial charge in [0, 0.05) is 18.5 Å². The molecule has 0 amide bonds. The van der Waals surface area contributed by atoms with Crippen molar-refractivity contribution in [1.82, 2.24) is 4.90 Å². The van der Waals surface area contributed by atoms with Crippen molar-refractivity contribution < 1.29 is 19.4 Å². The lowest BCUT2D eigenvalue weighted by Crippen LogP contribution is -2.34. The molecule has 0 spiro atoms. The third-order valence-electron chi connectivity index (χ3n) is 3.85. The molecule has 1 aliphatic heterocycles. The predicted octanol–water partition coefficient (Wildman–Crippen LogP) is 3.05. The summed E-state index contributed by atoms with van der Waals surface area (Å²) in [6.45, 7) is 7.44. The fraction of sp³-hybridized carbons (Fsp3) is 0.562. The highest BCUT2D eigenvalue weighted by atomic mass is 16.7. The van der Waals surface area contributed by atoms with Gasteiger partial charge in [0.1, 0.15) is 0 Å². The predicted molar refractivity (Wildman–Crippen MR) is 79.7 cm³/mol. The normalized spacial score (nSPS) is 14.7. The zero-order valence-electron chi connectivity index (χ0n) is 12.8. The summed E-state index contributed by atoms with van der Waals surface area (Å²) in [7, 11) is 0. The minimum atomic E-state index is -0.741. The SMILES string of the molecule is CC(C)N(CCCC(=O)O)C(C)c1ccc2c(c1)OCO2. The average Bonchev–Trinajstić information content (AvgIpc) is 2.89. The van der Waals surface area contributed by atoms with Crippen molar-refractivity contribution in [2.24, 2.45) is 0 Å². The molecular weight excluding hydrogens is 270 g/mol. The molecule has 0 aliphatic carbocycles. The molecule has 1 heterocycles. The van der Waals surface area contributed by atoms with Gasteiger partial charge in [-0.15, -0.1) is 0 Å². The third-order valence-corrected chi connectivity index (χ3v) is 3.85. The van der Waals surface area contributed by atoms with E-state index in [-0.39, 0.29) is 19.3 Å². The Morgan fingerprint density at radius 1 is 1.29 bits per heavy atom. The number of carbonyl (C=O) groups is 1. The fourth-order valence-corrected chi connectivity index (χ4v) is 2.68. The molecule has 0 saturated heterocycles. The summed E-state index contributed by atoms with van der Waals surface area (Å²) in [5.41, 5.74) is 1.16. The van der Waals surface area contributed by atoms with Crippen molar-refractivity contribution in [1.29, 1.82) is 0 Å². The first kappa shape index (κ1) is 15.6. The van der Waals surface area contributed by atoms with E-state index in [1.165, 1.54) is 0 Å². The van der Waals surface area contributed by atoms with Gasteiger partial charge in [-0.25, -0.2) is 0 Å². The van der Waals surface area contributed by atoms with Gasteiger partial charge in [0.25, 0.3) is 0 Å². The highest BCUT2D eigenvalue weighted by Crippen LogP contribution is 2.35. The Hall–Kier alpha value is -1.75. The number of aliphatic carboxylic acids is 1. The summed E-state index contributed by atoms with van der Waals surface area (Å²) in [5, 5.41) is 8.78. The Morgan fingerprint density at radius 3 is 2.67 bits per heavy atom. The number of fused-ring (bicyclic) bond motifs is 1. The first-order chi connectivity index (χ1) is 9.99. The second kappa shape index (κ2) is 6.80. The largest absolute Gasteiger partial charge is 0.481 e. The summed E-state index contributed by atoms with van der Waals surface area (Å²) in [6.07, 6.45) is 0.861. The van der Waals surface area contributed by atoms with E-state index in [4.69, 9.17) is 14.6 Å². The van der Waals surface area contributed by atoms with Gasteiger partial charge >= 0.3 is 5.97 Å². The summed E-state index contributed by atoms with van der Waals surface area (Å²) in [6, 6.07) is 6.54. The van der Waals surface area contributed by atoms with Crippen molar-refractivity contribution in [3.63, 3.8) is 0 Å². The number of carboxylic acids is 1. The van der Waals surface area contributed by atoms with Crippen molar-refractivity contribution >= 4 is 5.97 Å². The summed E-state index contributed by atoms with van der Waals surface area (Å²) >= 11 is 0. The molecule has 0 bridgehead atoms. The van der Waals surface area contributed by atoms with Crippen molar-refractivity contribution in [2.75, 3.05) is 13.3 Å². The number of benzene rings is 1. The van der Waals surface area contributed by atoms with E-state index in [1.54, 1.807) is 0 Å². The molecule has 0 aromatic heterocycles. The van der Waals surface area contributed by atoms with Crippen LogP contribution in [-0.2, 0) is 4.79 Å². The summed E-state index contributed by atoms with van der Waals surface area (Å²) < 4.78 is 10.8. The molecule has 0 fully saturated rings. The molecule has 21 heavy (non-hydrogen) atoms. The summed E-state index contributed by atoms with van der Waals surface area (Å²) in [5.74, 6) is 0.830. The number of hydrogen-bond donors (Lipinski definition) is 1. The molecule has 0 radical (unpaired) electrons. The van der Waals surface area contributed by atoms with Gasteiger partial charge in [0.05, 0.1) is 0 Å². The quantitative estimate of drug-likeness (QED) is 0.837. The van der Waals surface area contributed by atoms with Gasteiger partial charge < -0.3 is 14.6 Å². The lowest BCUT2D eigenvalue weighted by Gasteiger charge is -2.33. The molecule has 1 atom stereocenters. The molecule has 1 unspecified atom stereocenters. The Kier molecular flexibility index (Phi) is 5.07. The van der Waals surface area contributed by atoms with Gasteiger partial charge in [0.15, 0.2) is 11.5 Å². The minimum Gasteiger partial charge on any atom is -0.481 e. The zero-order chi connectivity index (χ0) is 15.4. The molecule has 0 saturated carbocycles. The number of hydrogen-bond acceptors (Lipinski definition) is 4. The van der Waals surface area contributed by atoms with Gasteiger partial charge in [-0.1, -0.05) is 6.07 Å². The first-order valence-corrected chi connectivity index (χ1v) is 7.36. The Morgan fingerprint density at radius 2 is 2.00 bits per heavy atom. The summed E-state index contributed by atoms with van der Waals surface area (Å²) in [4.78, 5) is 13.0. The number of ether oxygens (including phenoxy) is 2. The van der Waals surface area contributed by atoms with E-state index in [1.807, 2.05) is 18.2 Å². The standard InChI is InChI=1S/C16H23NO4/c1-11(2)17(8-4-5-16(18)19)12(3)13-6-7-14-15(9-13)21-10-20-14/h6-7,9,11-12H,4-5,8,10H2,1-3H3,(H,18,19). The molecule has 1 aliphatic rings. The highest BCUT2D eigenvalue weighted by Gasteiger charge is 2.21. The van der Waals surface area contributed by atoms with E-state index >= 15 is 0 Å². The molecular formula is C16H23NO4. The van der Waals surface area contributed by atoms with Gasteiger partial charge in [0.2, 0.25) is 6.79 Å². The Bertz CT molecular complexity index is 501. The van der Waals surface area contributed by atoms with Crippen LogP contribution in [0.15, 0.2) is 18.2 Å². The lowest BCUT2D eigenvalue weighted by atomic mass is 10.0. The van der Waals surface area contributed by atoms with Crippen molar-refractivity contribution in [3.8, 4) is 11.5 Å². The van der Waals surface area contributed by atoms with Crippen LogP contribution in [0.4, 0.5) is 0 Å². The van der Waals surface area contributed by atoms with E-state index in [0.29, 0.717) is 12.5 Å². The van der Waals surface area contributed by atoms with E-state index in [2.05, 4.69) is 25.7 Å². The molecule has 1 aromatic rings. The van der Waals surface area contributed by atoms with Crippen molar-refractivity contribution in [2.45, 2.75) is 45.7 Å². The second-order valence-electron chi connectivity index (χ2n) is 5.62. The van der Waals surface area contributed by atoms with Crippen LogP contribution in [0.1, 0.15) is 45.2 Å². The van der Waals surface area contributed by atoms with E-state index in [0.717, 1.165) is 23.6 Å². The zero-order valence-corrected chi connectivity index (χ0v) is 12.8. The minimum absolute atomic E-state index is 0.202. The molecule has 5 heteroatoms. The van der Waals surface area contributed by atoms with Crippen LogP contribution in [0, 0.1) is 0 Å². The Labute approximate surface area is 125 Å². The van der Waals surface area contributed by atoms with Crippen LogP contribution in [-0.4, -0.2) is 35.4 Å². The smallest absolute Gasteiger partial charge is 0.303 e. The van der Waals surface area contributed by atoms with Gasteiger partial charge in [-0.3, -0.25) is 9.69 Å². The van der Waals surface area contributed by atoms with Crippen LogP contribution in [0.5, 0.6) is 11.5 Å². The van der Waals surface area contributed by atoms with Crippen LogP contribution < -0.4 is 9.47 Å². The molecule has 1 N–H and O–H groups in total. The number of carboxylic acid groups (broad SMARTS) is 1. The van der Waals surface area contributed by atoms with Gasteiger partial charge in [-0.2, -0.15) is 0 Å². The maximum atomic E-state index is 10.7. The third kappa shape index (κ3) is 3.88. The maximum Gasteiger partial charge on any atom is 0.303 e.